The second kappa shape index (κ2) is 5.64. The van der Waals surface area contributed by atoms with Gasteiger partial charge in [-0.1, -0.05) is 29.3 Å². The Labute approximate surface area is 122 Å². The van der Waals surface area contributed by atoms with Crippen molar-refractivity contribution in [1.82, 2.24) is 0 Å². The molecule has 0 aliphatic rings. The van der Waals surface area contributed by atoms with Gasteiger partial charge < -0.3 is 5.32 Å². The molecule has 0 saturated carbocycles. The van der Waals surface area contributed by atoms with Crippen molar-refractivity contribution in [3.8, 4) is 0 Å². The number of halogens is 2. The molecule has 0 saturated heterocycles. The van der Waals surface area contributed by atoms with Crippen molar-refractivity contribution in [2.75, 3.05) is 5.32 Å². The van der Waals surface area contributed by atoms with Gasteiger partial charge in [0, 0.05) is 11.3 Å². The van der Waals surface area contributed by atoms with Crippen molar-refractivity contribution in [2.45, 2.75) is 13.8 Å². The van der Waals surface area contributed by atoms with Crippen molar-refractivity contribution in [3.63, 3.8) is 0 Å². The lowest BCUT2D eigenvalue weighted by Crippen LogP contribution is -2.12. The third-order valence-corrected chi connectivity index (χ3v) is 3.40. The molecule has 0 aliphatic carbocycles. The van der Waals surface area contributed by atoms with Crippen LogP contribution in [0.15, 0.2) is 36.4 Å². The summed E-state index contributed by atoms with van der Waals surface area (Å²) in [4.78, 5) is 12.1. The van der Waals surface area contributed by atoms with Crippen LogP contribution in [0.5, 0.6) is 0 Å². The largest absolute Gasteiger partial charge is 0.322 e. The van der Waals surface area contributed by atoms with Gasteiger partial charge in [-0.05, 0) is 55.3 Å². The van der Waals surface area contributed by atoms with Gasteiger partial charge in [-0.25, -0.2) is 0 Å². The lowest BCUT2D eigenvalue weighted by molar-refractivity contribution is 0.102. The van der Waals surface area contributed by atoms with Gasteiger partial charge in [0.25, 0.3) is 5.91 Å². The molecule has 0 unspecified atom stereocenters. The molecule has 2 aromatic rings. The van der Waals surface area contributed by atoms with Gasteiger partial charge >= 0.3 is 0 Å². The fourth-order valence-corrected chi connectivity index (χ4v) is 2.19. The highest BCUT2D eigenvalue weighted by Gasteiger charge is 2.08. The highest BCUT2D eigenvalue weighted by atomic mass is 35.5. The molecule has 98 valence electrons. The van der Waals surface area contributed by atoms with E-state index in [9.17, 15) is 4.79 Å². The number of hydrogen-bond acceptors (Lipinski definition) is 1. The Morgan fingerprint density at radius 3 is 2.16 bits per heavy atom. The Morgan fingerprint density at radius 2 is 1.58 bits per heavy atom. The molecule has 0 aromatic heterocycles. The number of nitrogens with one attached hydrogen (secondary N) is 1. The monoisotopic (exact) mass is 293 g/mol. The summed E-state index contributed by atoms with van der Waals surface area (Å²) in [5.74, 6) is -0.205. The van der Waals surface area contributed by atoms with E-state index in [1.54, 1.807) is 18.2 Å². The van der Waals surface area contributed by atoms with E-state index >= 15 is 0 Å². The first kappa shape index (κ1) is 13.9. The maximum absolute atomic E-state index is 12.1. The van der Waals surface area contributed by atoms with Crippen LogP contribution in [0.3, 0.4) is 0 Å². The second-order valence-electron chi connectivity index (χ2n) is 4.46. The first-order valence-corrected chi connectivity index (χ1v) is 6.56. The number of amides is 1. The molecule has 0 heterocycles. The Balaban J connectivity index is 2.22. The van der Waals surface area contributed by atoms with Crippen LogP contribution in [0.1, 0.15) is 21.5 Å². The third-order valence-electron chi connectivity index (χ3n) is 2.66. The molecular weight excluding hydrogens is 281 g/mol. The summed E-state index contributed by atoms with van der Waals surface area (Å²) < 4.78 is 0. The molecule has 1 N–H and O–H groups in total. The Bertz CT molecular complexity index is 618. The van der Waals surface area contributed by atoms with Gasteiger partial charge in [-0.2, -0.15) is 0 Å². The van der Waals surface area contributed by atoms with E-state index < -0.39 is 0 Å². The summed E-state index contributed by atoms with van der Waals surface area (Å²) in [5.41, 5.74) is 3.45. The van der Waals surface area contributed by atoms with Crippen molar-refractivity contribution >= 4 is 34.8 Å². The third kappa shape index (κ3) is 3.49. The number of rotatable bonds is 2. The number of hydrogen-bond donors (Lipinski definition) is 1. The minimum atomic E-state index is -0.205. The lowest BCUT2D eigenvalue weighted by atomic mass is 10.1. The van der Waals surface area contributed by atoms with E-state index in [0.29, 0.717) is 15.6 Å². The molecule has 2 aromatic carbocycles. The summed E-state index contributed by atoms with van der Waals surface area (Å²) in [7, 11) is 0. The van der Waals surface area contributed by atoms with Crippen LogP contribution in [0.4, 0.5) is 5.69 Å². The quantitative estimate of drug-likeness (QED) is 0.841. The van der Waals surface area contributed by atoms with E-state index in [-0.39, 0.29) is 5.91 Å². The van der Waals surface area contributed by atoms with Crippen molar-refractivity contribution in [1.29, 1.82) is 0 Å². The SMILES string of the molecule is Cc1cc(C)cc(NC(=O)c2ccc(Cl)c(Cl)c2)c1. The first-order valence-electron chi connectivity index (χ1n) is 5.80. The van der Waals surface area contributed by atoms with Gasteiger partial charge in [0.05, 0.1) is 10.0 Å². The fourth-order valence-electron chi connectivity index (χ4n) is 1.89. The standard InChI is InChI=1S/C15H13Cl2NO/c1-9-5-10(2)7-12(6-9)18-15(19)11-3-4-13(16)14(17)8-11/h3-8H,1-2H3,(H,18,19). The van der Waals surface area contributed by atoms with Gasteiger partial charge in [0.1, 0.15) is 0 Å². The number of benzene rings is 2. The number of aryl methyl sites for hydroxylation is 2. The number of anilines is 1. The summed E-state index contributed by atoms with van der Waals surface area (Å²) in [6.45, 7) is 3.98. The maximum atomic E-state index is 12.1. The predicted octanol–water partition coefficient (Wildman–Crippen LogP) is 4.86. The topological polar surface area (TPSA) is 29.1 Å². The minimum absolute atomic E-state index is 0.205. The van der Waals surface area contributed by atoms with E-state index in [4.69, 9.17) is 23.2 Å². The lowest BCUT2D eigenvalue weighted by Gasteiger charge is -2.08. The van der Waals surface area contributed by atoms with Gasteiger partial charge in [0.15, 0.2) is 0 Å². The van der Waals surface area contributed by atoms with Crippen LogP contribution in [0.2, 0.25) is 10.0 Å². The zero-order chi connectivity index (χ0) is 14.0. The summed E-state index contributed by atoms with van der Waals surface area (Å²) in [5, 5.41) is 3.65. The normalized spacial score (nSPS) is 10.3. The van der Waals surface area contributed by atoms with Crippen LogP contribution in [0, 0.1) is 13.8 Å². The molecule has 0 aliphatic heterocycles. The van der Waals surface area contributed by atoms with Gasteiger partial charge in [-0.3, -0.25) is 4.79 Å². The average Bonchev–Trinajstić information content (AvgIpc) is 2.31. The van der Waals surface area contributed by atoms with Crippen molar-refractivity contribution in [3.05, 3.63) is 63.1 Å². The van der Waals surface area contributed by atoms with Crippen LogP contribution in [-0.2, 0) is 0 Å². The molecule has 1 amide bonds. The van der Waals surface area contributed by atoms with E-state index in [0.717, 1.165) is 16.8 Å². The molecule has 0 bridgehead atoms. The summed E-state index contributed by atoms with van der Waals surface area (Å²) in [6, 6.07) is 10.7. The van der Waals surface area contributed by atoms with E-state index in [2.05, 4.69) is 11.4 Å². The van der Waals surface area contributed by atoms with Gasteiger partial charge in [-0.15, -0.1) is 0 Å². The van der Waals surface area contributed by atoms with E-state index in [1.165, 1.54) is 0 Å². The molecule has 19 heavy (non-hydrogen) atoms. The van der Waals surface area contributed by atoms with Crippen LogP contribution < -0.4 is 5.32 Å². The molecule has 4 heteroatoms. The number of carbonyl (C=O) groups is 1. The Morgan fingerprint density at radius 1 is 0.947 bits per heavy atom. The number of carbonyl (C=O) groups excluding carboxylic acids is 1. The Hall–Kier alpha value is -1.51. The van der Waals surface area contributed by atoms with E-state index in [1.807, 2.05) is 26.0 Å². The van der Waals surface area contributed by atoms with Crippen LogP contribution >= 0.6 is 23.2 Å². The zero-order valence-corrected chi connectivity index (χ0v) is 12.1. The van der Waals surface area contributed by atoms with Gasteiger partial charge in [0.2, 0.25) is 0 Å². The second-order valence-corrected chi connectivity index (χ2v) is 5.27. The zero-order valence-electron chi connectivity index (χ0n) is 10.6. The fraction of sp³-hybridized carbons (Fsp3) is 0.133. The maximum Gasteiger partial charge on any atom is 0.255 e. The minimum Gasteiger partial charge on any atom is -0.322 e. The molecule has 0 radical (unpaired) electrons. The molecule has 0 fully saturated rings. The summed E-state index contributed by atoms with van der Waals surface area (Å²) >= 11 is 11.7. The predicted molar refractivity (Wildman–Crippen MR) is 80.3 cm³/mol. The van der Waals surface area contributed by atoms with Crippen LogP contribution in [-0.4, -0.2) is 5.91 Å². The average molecular weight is 294 g/mol. The Kier molecular flexibility index (Phi) is 4.13. The van der Waals surface area contributed by atoms with Crippen molar-refractivity contribution < 1.29 is 4.79 Å². The molecule has 0 atom stereocenters. The van der Waals surface area contributed by atoms with Crippen molar-refractivity contribution in [2.24, 2.45) is 0 Å². The molecule has 0 spiro atoms. The summed E-state index contributed by atoms with van der Waals surface area (Å²) in [6.07, 6.45) is 0. The molecular formula is C15H13Cl2NO. The highest BCUT2D eigenvalue weighted by molar-refractivity contribution is 6.42. The molecule has 2 rings (SSSR count). The van der Waals surface area contributed by atoms with Crippen LogP contribution in [0.25, 0.3) is 0 Å². The smallest absolute Gasteiger partial charge is 0.255 e. The molecule has 2 nitrogen and oxygen atoms in total. The first-order chi connectivity index (χ1) is 8.95. The highest BCUT2D eigenvalue weighted by Crippen LogP contribution is 2.23.